The first kappa shape index (κ1) is 21.4. The van der Waals surface area contributed by atoms with Gasteiger partial charge in [-0.25, -0.2) is 0 Å². The fraction of sp³-hybridized carbons (Fsp3) is 0.143. The summed E-state index contributed by atoms with van der Waals surface area (Å²) >= 11 is 0. The van der Waals surface area contributed by atoms with Crippen LogP contribution in [0.15, 0.2) is 42.5 Å². The van der Waals surface area contributed by atoms with Gasteiger partial charge in [0.15, 0.2) is 5.78 Å². The number of aromatic hydroxyl groups is 1. The van der Waals surface area contributed by atoms with E-state index in [1.165, 1.54) is 63.3 Å². The lowest BCUT2D eigenvalue weighted by atomic mass is 10.1. The van der Waals surface area contributed by atoms with Gasteiger partial charge in [0.1, 0.15) is 23.0 Å². The topological polar surface area (TPSA) is 116 Å². The molecule has 0 saturated carbocycles. The number of phenols is 1. The molecule has 0 atom stereocenters. The maximum absolute atomic E-state index is 12.4. The number of ether oxygens (including phenoxy) is 3. The molecule has 0 aliphatic rings. The Bertz CT molecular complexity index is 1000. The van der Waals surface area contributed by atoms with Gasteiger partial charge < -0.3 is 19.3 Å². The largest absolute Gasteiger partial charge is 0.507 e. The Balaban J connectivity index is 2.27. The van der Waals surface area contributed by atoms with Crippen molar-refractivity contribution in [2.24, 2.45) is 0 Å². The van der Waals surface area contributed by atoms with Crippen molar-refractivity contribution in [3.05, 3.63) is 53.6 Å². The minimum absolute atomic E-state index is 0.0114. The number of carbonyl (C=O) groups is 4. The molecule has 29 heavy (non-hydrogen) atoms. The lowest BCUT2D eigenvalue weighted by molar-refractivity contribution is -0.133. The molecule has 2 aromatic rings. The highest BCUT2D eigenvalue weighted by molar-refractivity contribution is 6.08. The summed E-state index contributed by atoms with van der Waals surface area (Å²) in [7, 11) is 0. The maximum atomic E-state index is 12.4. The first-order valence-electron chi connectivity index (χ1n) is 8.40. The number of allylic oxidation sites excluding steroid dienone is 1. The van der Waals surface area contributed by atoms with Crippen molar-refractivity contribution in [2.75, 3.05) is 0 Å². The number of phenolic OH excluding ortho intramolecular Hbond substituents is 1. The number of rotatable bonds is 6. The molecule has 2 aromatic carbocycles. The Hall–Kier alpha value is -3.94. The molecule has 0 aliphatic carbocycles. The molecule has 150 valence electrons. The average molecular weight is 398 g/mol. The summed E-state index contributed by atoms with van der Waals surface area (Å²) in [5.74, 6) is -2.20. The second-order valence-corrected chi connectivity index (χ2v) is 5.86. The van der Waals surface area contributed by atoms with Crippen LogP contribution in [0.2, 0.25) is 0 Å². The zero-order chi connectivity index (χ0) is 21.6. The lowest BCUT2D eigenvalue weighted by Gasteiger charge is -2.08. The second-order valence-electron chi connectivity index (χ2n) is 5.86. The standard InChI is InChI=1S/C21H18O8/c1-12(22)27-16-7-8-18(20(26)10-16)19(25)9-5-15-4-6-17(28-13(2)23)11-21(15)29-14(3)24/h4-11,26H,1-3H3. The van der Waals surface area contributed by atoms with Crippen LogP contribution in [0.4, 0.5) is 0 Å². The number of carbonyl (C=O) groups excluding carboxylic acids is 4. The van der Waals surface area contributed by atoms with Crippen LogP contribution in [-0.4, -0.2) is 28.8 Å². The fourth-order valence-corrected chi connectivity index (χ4v) is 2.33. The molecule has 0 radical (unpaired) electrons. The van der Waals surface area contributed by atoms with E-state index in [-0.39, 0.29) is 28.6 Å². The Labute approximate surface area is 166 Å². The maximum Gasteiger partial charge on any atom is 0.308 e. The van der Waals surface area contributed by atoms with E-state index < -0.39 is 23.7 Å². The third-order valence-corrected chi connectivity index (χ3v) is 3.41. The van der Waals surface area contributed by atoms with Gasteiger partial charge in [-0.1, -0.05) is 0 Å². The van der Waals surface area contributed by atoms with Crippen molar-refractivity contribution in [3.8, 4) is 23.0 Å². The first-order chi connectivity index (χ1) is 13.7. The summed E-state index contributed by atoms with van der Waals surface area (Å²) in [6, 6.07) is 8.17. The lowest BCUT2D eigenvalue weighted by Crippen LogP contribution is -2.05. The predicted octanol–water partition coefficient (Wildman–Crippen LogP) is 3.06. The monoisotopic (exact) mass is 398 g/mol. The third kappa shape index (κ3) is 6.31. The van der Waals surface area contributed by atoms with Gasteiger partial charge in [0.05, 0.1) is 5.56 Å². The molecular weight excluding hydrogens is 380 g/mol. The molecule has 0 fully saturated rings. The molecule has 8 nitrogen and oxygen atoms in total. The average Bonchev–Trinajstić information content (AvgIpc) is 2.59. The van der Waals surface area contributed by atoms with Crippen LogP contribution in [0.3, 0.4) is 0 Å². The molecule has 0 amide bonds. The van der Waals surface area contributed by atoms with E-state index in [4.69, 9.17) is 14.2 Å². The van der Waals surface area contributed by atoms with Crippen molar-refractivity contribution >= 4 is 29.8 Å². The number of esters is 3. The first-order valence-corrected chi connectivity index (χ1v) is 8.40. The van der Waals surface area contributed by atoms with Crippen LogP contribution < -0.4 is 14.2 Å². The van der Waals surface area contributed by atoms with Gasteiger partial charge in [0.2, 0.25) is 0 Å². The molecule has 0 aliphatic heterocycles. The van der Waals surface area contributed by atoms with Crippen LogP contribution in [-0.2, 0) is 14.4 Å². The number of ketones is 1. The predicted molar refractivity (Wildman–Crippen MR) is 102 cm³/mol. The molecule has 1 N–H and O–H groups in total. The fourth-order valence-electron chi connectivity index (χ4n) is 2.33. The molecule has 0 aromatic heterocycles. The van der Waals surface area contributed by atoms with Crippen LogP contribution in [0.1, 0.15) is 36.7 Å². The second kappa shape index (κ2) is 9.32. The van der Waals surface area contributed by atoms with E-state index in [9.17, 15) is 24.3 Å². The molecule has 0 saturated heterocycles. The Morgan fingerprint density at radius 1 is 0.793 bits per heavy atom. The van der Waals surface area contributed by atoms with E-state index >= 15 is 0 Å². The third-order valence-electron chi connectivity index (χ3n) is 3.41. The minimum Gasteiger partial charge on any atom is -0.507 e. The van der Waals surface area contributed by atoms with Crippen molar-refractivity contribution < 1.29 is 38.5 Å². The van der Waals surface area contributed by atoms with Crippen LogP contribution in [0.5, 0.6) is 23.0 Å². The zero-order valence-corrected chi connectivity index (χ0v) is 15.9. The summed E-state index contributed by atoms with van der Waals surface area (Å²) < 4.78 is 14.9. The van der Waals surface area contributed by atoms with E-state index in [1.54, 1.807) is 0 Å². The van der Waals surface area contributed by atoms with E-state index in [0.717, 1.165) is 6.07 Å². The Morgan fingerprint density at radius 3 is 1.90 bits per heavy atom. The van der Waals surface area contributed by atoms with Gasteiger partial charge in [-0.05, 0) is 36.4 Å². The summed E-state index contributed by atoms with van der Waals surface area (Å²) in [5, 5.41) is 10.0. The van der Waals surface area contributed by atoms with Crippen molar-refractivity contribution in [1.82, 2.24) is 0 Å². The summed E-state index contributed by atoms with van der Waals surface area (Å²) in [5.41, 5.74) is 0.364. The highest BCUT2D eigenvalue weighted by Crippen LogP contribution is 2.28. The van der Waals surface area contributed by atoms with Crippen molar-refractivity contribution in [1.29, 1.82) is 0 Å². The van der Waals surface area contributed by atoms with Crippen molar-refractivity contribution in [3.63, 3.8) is 0 Å². The van der Waals surface area contributed by atoms with Crippen LogP contribution >= 0.6 is 0 Å². The molecule has 0 bridgehead atoms. The van der Waals surface area contributed by atoms with Gasteiger partial charge >= 0.3 is 17.9 Å². The quantitative estimate of drug-likeness (QED) is 0.342. The molecule has 0 heterocycles. The summed E-state index contributed by atoms with van der Waals surface area (Å²) in [6.45, 7) is 3.66. The van der Waals surface area contributed by atoms with Gasteiger partial charge in [-0.2, -0.15) is 0 Å². The molecular formula is C21H18O8. The van der Waals surface area contributed by atoms with E-state index in [2.05, 4.69) is 0 Å². The zero-order valence-electron chi connectivity index (χ0n) is 15.9. The Morgan fingerprint density at radius 2 is 1.34 bits per heavy atom. The van der Waals surface area contributed by atoms with Crippen LogP contribution in [0, 0.1) is 0 Å². The summed E-state index contributed by atoms with van der Waals surface area (Å²) in [4.78, 5) is 45.7. The minimum atomic E-state index is -0.593. The van der Waals surface area contributed by atoms with Gasteiger partial charge in [0.25, 0.3) is 0 Å². The number of hydrogen-bond acceptors (Lipinski definition) is 8. The molecule has 0 spiro atoms. The highest BCUT2D eigenvalue weighted by atomic mass is 16.5. The van der Waals surface area contributed by atoms with Gasteiger partial charge in [-0.15, -0.1) is 0 Å². The number of hydrogen-bond donors (Lipinski definition) is 1. The molecule has 2 rings (SSSR count). The summed E-state index contributed by atoms with van der Waals surface area (Å²) in [6.07, 6.45) is 2.56. The molecule has 8 heteroatoms. The van der Waals surface area contributed by atoms with Gasteiger partial charge in [0, 0.05) is 38.5 Å². The Kier molecular flexibility index (Phi) is 6.86. The smallest absolute Gasteiger partial charge is 0.308 e. The van der Waals surface area contributed by atoms with Crippen molar-refractivity contribution in [2.45, 2.75) is 20.8 Å². The SMILES string of the molecule is CC(=O)Oc1ccc(C(=O)C=Cc2ccc(OC(C)=O)cc2OC(C)=O)c(O)c1. The molecule has 0 unspecified atom stereocenters. The normalized spacial score (nSPS) is 10.4. The van der Waals surface area contributed by atoms with E-state index in [1.807, 2.05) is 0 Å². The van der Waals surface area contributed by atoms with Gasteiger partial charge in [-0.3, -0.25) is 19.2 Å². The van der Waals surface area contributed by atoms with Crippen LogP contribution in [0.25, 0.3) is 6.08 Å². The number of benzene rings is 2. The van der Waals surface area contributed by atoms with E-state index in [0.29, 0.717) is 5.56 Å². The highest BCUT2D eigenvalue weighted by Gasteiger charge is 2.12.